The number of carbonyl (C=O) groups excluding carboxylic acids is 1. The Labute approximate surface area is 180 Å². The summed E-state index contributed by atoms with van der Waals surface area (Å²) in [4.78, 5) is 18.5. The number of anilines is 2. The molecule has 2 heterocycles. The van der Waals surface area contributed by atoms with E-state index >= 15 is 4.39 Å². The summed E-state index contributed by atoms with van der Waals surface area (Å²) in [6.07, 6.45) is 1.64. The molecular formula is C21H14ClFIN3O. The van der Waals surface area contributed by atoms with Gasteiger partial charge < -0.3 is 0 Å². The number of carbonyl (C=O) groups is 1. The van der Waals surface area contributed by atoms with E-state index in [0.29, 0.717) is 11.5 Å². The summed E-state index contributed by atoms with van der Waals surface area (Å²) < 4.78 is 17.6. The molecule has 1 aromatic heterocycles. The predicted molar refractivity (Wildman–Crippen MR) is 115 cm³/mol. The fourth-order valence-corrected chi connectivity index (χ4v) is 4.43. The summed E-state index contributed by atoms with van der Waals surface area (Å²) in [5.41, 5.74) is 0.352. The molecule has 1 aliphatic rings. The molecule has 0 bridgehead atoms. The molecule has 0 unspecified atom stereocenters. The highest BCUT2D eigenvalue weighted by molar-refractivity contribution is 14.1. The Morgan fingerprint density at radius 3 is 2.50 bits per heavy atom. The number of benzene rings is 2. The van der Waals surface area contributed by atoms with Gasteiger partial charge in [-0.1, -0.05) is 41.6 Å². The first-order chi connectivity index (χ1) is 13.3. The van der Waals surface area contributed by atoms with Crippen LogP contribution >= 0.6 is 34.2 Å². The Kier molecular flexibility index (Phi) is 4.68. The number of nitrogens with zero attached hydrogens (tertiary/aromatic N) is 3. The molecule has 0 aliphatic carbocycles. The molecule has 0 radical (unpaired) electrons. The van der Waals surface area contributed by atoms with Gasteiger partial charge in [0.05, 0.1) is 11.2 Å². The van der Waals surface area contributed by atoms with Crippen molar-refractivity contribution in [3.05, 3.63) is 74.3 Å². The quantitative estimate of drug-likeness (QED) is 0.341. The van der Waals surface area contributed by atoms with Crippen LogP contribution in [0.5, 0.6) is 0 Å². The average molecular weight is 506 g/mol. The average Bonchev–Trinajstić information content (AvgIpc) is 3.13. The topological polar surface area (TPSA) is 38.1 Å². The Hall–Kier alpha value is -2.37. The minimum atomic E-state index is -0.885. The van der Waals surface area contributed by atoms with Crippen LogP contribution in [0.1, 0.15) is 25.0 Å². The first kappa shape index (κ1) is 19.0. The number of rotatable bonds is 1. The van der Waals surface area contributed by atoms with Gasteiger partial charge in [-0.2, -0.15) is 0 Å². The highest BCUT2D eigenvalue weighted by atomic mass is 127. The van der Waals surface area contributed by atoms with Crippen molar-refractivity contribution in [1.82, 2.24) is 9.55 Å². The molecule has 4 rings (SSSR count). The summed E-state index contributed by atoms with van der Waals surface area (Å²) >= 11 is 8.49. The van der Waals surface area contributed by atoms with Crippen molar-refractivity contribution in [1.29, 1.82) is 0 Å². The van der Waals surface area contributed by atoms with Crippen LogP contribution < -0.4 is 4.90 Å². The van der Waals surface area contributed by atoms with Crippen molar-refractivity contribution in [2.45, 2.75) is 19.4 Å². The second kappa shape index (κ2) is 6.90. The van der Waals surface area contributed by atoms with Gasteiger partial charge in [0.15, 0.2) is 0 Å². The SMILES string of the molecule is CC1(C)C(=O)N(c2c(F)cc(C#Cc3ccccc3)cc2Cl)c2ncc(I)n21. The van der Waals surface area contributed by atoms with Crippen molar-refractivity contribution in [3.63, 3.8) is 0 Å². The Morgan fingerprint density at radius 2 is 1.82 bits per heavy atom. The molecule has 0 atom stereocenters. The van der Waals surface area contributed by atoms with Crippen LogP contribution in [-0.2, 0) is 10.3 Å². The van der Waals surface area contributed by atoms with Crippen LogP contribution in [0.4, 0.5) is 16.0 Å². The van der Waals surface area contributed by atoms with Crippen LogP contribution in [0.25, 0.3) is 0 Å². The third-order valence-corrected chi connectivity index (χ3v) is 5.60. The van der Waals surface area contributed by atoms with Gasteiger partial charge in [-0.3, -0.25) is 9.36 Å². The number of hydrogen-bond acceptors (Lipinski definition) is 2. The Morgan fingerprint density at radius 1 is 1.14 bits per heavy atom. The summed E-state index contributed by atoms with van der Waals surface area (Å²) in [5, 5.41) is 0.105. The predicted octanol–water partition coefficient (Wildman–Crippen LogP) is 5.09. The first-order valence-corrected chi connectivity index (χ1v) is 9.91. The highest BCUT2D eigenvalue weighted by Crippen LogP contribution is 2.44. The number of imidazole rings is 1. The molecular weight excluding hydrogens is 492 g/mol. The lowest BCUT2D eigenvalue weighted by Gasteiger charge is -2.21. The summed E-state index contributed by atoms with van der Waals surface area (Å²) in [6.45, 7) is 3.54. The maximum absolute atomic E-state index is 15.0. The molecule has 28 heavy (non-hydrogen) atoms. The van der Waals surface area contributed by atoms with E-state index in [0.717, 1.165) is 9.26 Å². The third kappa shape index (κ3) is 2.99. The second-order valence-electron chi connectivity index (χ2n) is 6.82. The maximum atomic E-state index is 15.0. The number of aromatic nitrogens is 2. The van der Waals surface area contributed by atoms with E-state index in [2.05, 4.69) is 39.4 Å². The summed E-state index contributed by atoms with van der Waals surface area (Å²) in [5.74, 6) is 5.31. The molecule has 1 amide bonds. The molecule has 0 spiro atoms. The van der Waals surface area contributed by atoms with Crippen molar-refractivity contribution in [2.75, 3.05) is 4.90 Å². The van der Waals surface area contributed by atoms with Crippen LogP contribution in [0, 0.1) is 21.4 Å². The molecule has 1 aliphatic heterocycles. The minimum Gasteiger partial charge on any atom is -0.290 e. The Bertz CT molecular complexity index is 1140. The minimum absolute atomic E-state index is 0.00856. The van der Waals surface area contributed by atoms with Crippen molar-refractivity contribution in [3.8, 4) is 11.8 Å². The van der Waals surface area contributed by atoms with Gasteiger partial charge in [0.1, 0.15) is 20.7 Å². The van der Waals surface area contributed by atoms with E-state index in [9.17, 15) is 4.79 Å². The van der Waals surface area contributed by atoms with Gasteiger partial charge in [0.25, 0.3) is 5.91 Å². The Balaban J connectivity index is 1.78. The number of fused-ring (bicyclic) bond motifs is 1. The normalized spacial score (nSPS) is 14.6. The summed E-state index contributed by atoms with van der Waals surface area (Å²) in [6, 6.07) is 12.2. The zero-order valence-electron chi connectivity index (χ0n) is 15.0. The monoisotopic (exact) mass is 505 g/mol. The van der Waals surface area contributed by atoms with E-state index < -0.39 is 11.4 Å². The van der Waals surface area contributed by atoms with Crippen molar-refractivity contribution >= 4 is 51.7 Å². The fourth-order valence-electron chi connectivity index (χ4n) is 3.18. The van der Waals surface area contributed by atoms with Gasteiger partial charge >= 0.3 is 0 Å². The van der Waals surface area contributed by atoms with E-state index in [1.54, 1.807) is 30.7 Å². The van der Waals surface area contributed by atoms with Gasteiger partial charge in [-0.15, -0.1) is 0 Å². The zero-order chi connectivity index (χ0) is 20.1. The van der Waals surface area contributed by atoms with Crippen LogP contribution in [0.2, 0.25) is 5.02 Å². The van der Waals surface area contributed by atoms with Gasteiger partial charge in [-0.25, -0.2) is 14.3 Å². The van der Waals surface area contributed by atoms with Crippen LogP contribution in [0.15, 0.2) is 48.7 Å². The summed E-state index contributed by atoms with van der Waals surface area (Å²) in [7, 11) is 0. The standard InChI is InChI=1S/C21H14ClFIN3O/c1-21(2)19(28)26(20-25-12-17(24)27(20)21)18-15(22)10-14(11-16(18)23)9-8-13-6-4-3-5-7-13/h3-7,10-12H,1-2H3. The number of halogens is 3. The van der Waals surface area contributed by atoms with Crippen LogP contribution in [-0.4, -0.2) is 15.5 Å². The molecule has 140 valence electrons. The van der Waals surface area contributed by atoms with Gasteiger partial charge in [0.2, 0.25) is 5.95 Å². The third-order valence-electron chi connectivity index (χ3n) is 4.55. The van der Waals surface area contributed by atoms with E-state index in [-0.39, 0.29) is 16.6 Å². The van der Waals surface area contributed by atoms with E-state index in [1.807, 2.05) is 30.3 Å². The first-order valence-electron chi connectivity index (χ1n) is 8.45. The second-order valence-corrected chi connectivity index (χ2v) is 8.33. The van der Waals surface area contributed by atoms with Gasteiger partial charge in [0, 0.05) is 11.1 Å². The molecule has 0 saturated heterocycles. The maximum Gasteiger partial charge on any atom is 0.259 e. The van der Waals surface area contributed by atoms with Crippen molar-refractivity contribution < 1.29 is 9.18 Å². The lowest BCUT2D eigenvalue weighted by molar-refractivity contribution is -0.123. The zero-order valence-corrected chi connectivity index (χ0v) is 17.9. The largest absolute Gasteiger partial charge is 0.290 e. The molecule has 0 fully saturated rings. The van der Waals surface area contributed by atoms with E-state index in [1.165, 1.54) is 11.0 Å². The number of hydrogen-bond donors (Lipinski definition) is 0. The van der Waals surface area contributed by atoms with Gasteiger partial charge in [-0.05, 0) is 60.7 Å². The van der Waals surface area contributed by atoms with Crippen LogP contribution in [0.3, 0.4) is 0 Å². The molecule has 2 aromatic carbocycles. The molecule has 4 nitrogen and oxygen atoms in total. The highest BCUT2D eigenvalue weighted by Gasteiger charge is 2.47. The smallest absolute Gasteiger partial charge is 0.259 e. The molecule has 0 N–H and O–H groups in total. The molecule has 0 saturated carbocycles. The lowest BCUT2D eigenvalue weighted by atomic mass is 10.1. The molecule has 3 aromatic rings. The van der Waals surface area contributed by atoms with Crippen molar-refractivity contribution in [2.24, 2.45) is 0 Å². The van der Waals surface area contributed by atoms with E-state index in [4.69, 9.17) is 11.6 Å². The molecule has 7 heteroatoms. The fraction of sp³-hybridized carbons (Fsp3) is 0.143. The lowest BCUT2D eigenvalue weighted by Crippen LogP contribution is -2.37. The number of amides is 1.